The molecular weight excluding hydrogens is 160 g/mol. The number of aliphatic imine (C=N–C) groups is 1. The van der Waals surface area contributed by atoms with Gasteiger partial charge in [0.1, 0.15) is 0 Å². The summed E-state index contributed by atoms with van der Waals surface area (Å²) < 4.78 is 0. The summed E-state index contributed by atoms with van der Waals surface area (Å²) in [6.07, 6.45) is 11.7. The molecule has 2 rings (SSSR count). The molecule has 0 atom stereocenters. The fraction of sp³-hybridized carbons (Fsp3) is 0.909. The lowest BCUT2D eigenvalue weighted by Gasteiger charge is -2.18. The molecule has 13 heavy (non-hydrogen) atoms. The van der Waals surface area contributed by atoms with Crippen LogP contribution in [-0.2, 0) is 0 Å². The first-order chi connectivity index (χ1) is 6.45. The van der Waals surface area contributed by atoms with E-state index in [2.05, 4.69) is 16.2 Å². The van der Waals surface area contributed by atoms with Crippen molar-refractivity contribution in [1.82, 2.24) is 4.90 Å². The monoisotopic (exact) mass is 180 g/mol. The lowest BCUT2D eigenvalue weighted by Crippen LogP contribution is -2.19. The Hall–Kier alpha value is -0.530. The van der Waals surface area contributed by atoms with E-state index in [0.29, 0.717) is 6.04 Å². The van der Waals surface area contributed by atoms with E-state index < -0.39 is 0 Å². The lowest BCUT2D eigenvalue weighted by molar-refractivity contribution is 0.436. The van der Waals surface area contributed by atoms with Crippen molar-refractivity contribution in [2.75, 3.05) is 13.1 Å². The van der Waals surface area contributed by atoms with Gasteiger partial charge in [0.15, 0.2) is 0 Å². The first-order valence-electron chi connectivity index (χ1n) is 5.72. The molecule has 0 bridgehead atoms. The normalized spacial score (nSPS) is 26.0. The molecule has 1 aliphatic carbocycles. The lowest BCUT2D eigenvalue weighted by atomic mass is 9.96. The highest BCUT2D eigenvalue weighted by Gasteiger charge is 2.12. The van der Waals surface area contributed by atoms with Crippen molar-refractivity contribution < 1.29 is 0 Å². The molecular formula is C11H20N2. The second-order valence-corrected chi connectivity index (χ2v) is 4.30. The third kappa shape index (κ3) is 2.71. The van der Waals surface area contributed by atoms with Gasteiger partial charge < -0.3 is 4.90 Å². The van der Waals surface area contributed by atoms with Gasteiger partial charge in [0.2, 0.25) is 0 Å². The molecule has 2 fully saturated rings. The number of hydrogen-bond donors (Lipinski definition) is 0. The van der Waals surface area contributed by atoms with Gasteiger partial charge in [-0.2, -0.15) is 0 Å². The van der Waals surface area contributed by atoms with E-state index in [9.17, 15) is 0 Å². The molecule has 0 aromatic heterocycles. The highest BCUT2D eigenvalue weighted by Crippen LogP contribution is 2.20. The fourth-order valence-electron chi connectivity index (χ4n) is 2.28. The van der Waals surface area contributed by atoms with Crippen molar-refractivity contribution in [2.24, 2.45) is 4.99 Å². The van der Waals surface area contributed by atoms with E-state index in [0.717, 1.165) is 0 Å². The Bertz CT molecular complexity index is 165. The Morgan fingerprint density at radius 2 is 1.62 bits per heavy atom. The van der Waals surface area contributed by atoms with Crippen molar-refractivity contribution in [3.8, 4) is 0 Å². The van der Waals surface area contributed by atoms with Crippen LogP contribution in [0.2, 0.25) is 0 Å². The minimum absolute atomic E-state index is 0.648. The Morgan fingerprint density at radius 3 is 2.31 bits per heavy atom. The second-order valence-electron chi connectivity index (χ2n) is 4.30. The Labute approximate surface area is 81.0 Å². The van der Waals surface area contributed by atoms with Crippen molar-refractivity contribution in [3.63, 3.8) is 0 Å². The zero-order valence-electron chi connectivity index (χ0n) is 8.41. The summed E-state index contributed by atoms with van der Waals surface area (Å²) >= 11 is 0. The van der Waals surface area contributed by atoms with Crippen molar-refractivity contribution in [1.29, 1.82) is 0 Å². The third-order valence-corrected chi connectivity index (χ3v) is 3.16. The van der Waals surface area contributed by atoms with Crippen LogP contribution in [-0.4, -0.2) is 30.4 Å². The molecule has 74 valence electrons. The zero-order chi connectivity index (χ0) is 8.93. The van der Waals surface area contributed by atoms with Gasteiger partial charge in [-0.05, 0) is 25.7 Å². The Balaban J connectivity index is 1.74. The SMILES string of the molecule is C(=NC1CCCCC1)N1CCCC1. The maximum atomic E-state index is 4.67. The average Bonchev–Trinajstić information content (AvgIpc) is 2.69. The van der Waals surface area contributed by atoms with Crippen LogP contribution in [0.4, 0.5) is 0 Å². The molecule has 1 heterocycles. The van der Waals surface area contributed by atoms with Crippen LogP contribution in [0, 0.1) is 0 Å². The molecule has 0 radical (unpaired) electrons. The van der Waals surface area contributed by atoms with Crippen LogP contribution < -0.4 is 0 Å². The maximum absolute atomic E-state index is 4.67. The molecule has 0 N–H and O–H groups in total. The number of hydrogen-bond acceptors (Lipinski definition) is 1. The van der Waals surface area contributed by atoms with Crippen LogP contribution >= 0.6 is 0 Å². The van der Waals surface area contributed by atoms with Gasteiger partial charge in [-0.1, -0.05) is 19.3 Å². The summed E-state index contributed by atoms with van der Waals surface area (Å²) in [6, 6.07) is 0.648. The van der Waals surface area contributed by atoms with E-state index >= 15 is 0 Å². The predicted octanol–water partition coefficient (Wildman–Crippen LogP) is 2.44. The van der Waals surface area contributed by atoms with Gasteiger partial charge >= 0.3 is 0 Å². The minimum atomic E-state index is 0.648. The third-order valence-electron chi connectivity index (χ3n) is 3.16. The molecule has 1 saturated carbocycles. The fourth-order valence-corrected chi connectivity index (χ4v) is 2.28. The quantitative estimate of drug-likeness (QED) is 0.471. The number of rotatable bonds is 2. The van der Waals surface area contributed by atoms with E-state index in [-0.39, 0.29) is 0 Å². The summed E-state index contributed by atoms with van der Waals surface area (Å²) in [7, 11) is 0. The maximum Gasteiger partial charge on any atom is 0.0853 e. The summed E-state index contributed by atoms with van der Waals surface area (Å²) in [5.41, 5.74) is 0. The highest BCUT2D eigenvalue weighted by molar-refractivity contribution is 5.55. The van der Waals surface area contributed by atoms with Crippen LogP contribution in [0.1, 0.15) is 44.9 Å². The molecule has 0 aromatic carbocycles. The van der Waals surface area contributed by atoms with E-state index in [1.807, 2.05) is 0 Å². The predicted molar refractivity (Wildman–Crippen MR) is 56.2 cm³/mol. The van der Waals surface area contributed by atoms with Gasteiger partial charge in [-0.15, -0.1) is 0 Å². The molecule has 0 spiro atoms. The number of nitrogens with zero attached hydrogens (tertiary/aromatic N) is 2. The standard InChI is InChI=1S/C11H20N2/c1-2-6-11(7-3-1)12-10-13-8-4-5-9-13/h10-11H,1-9H2. The molecule has 0 aromatic rings. The van der Waals surface area contributed by atoms with Crippen LogP contribution in [0.15, 0.2) is 4.99 Å². The summed E-state index contributed by atoms with van der Waals surface area (Å²) in [4.78, 5) is 7.04. The largest absolute Gasteiger partial charge is 0.363 e. The van der Waals surface area contributed by atoms with Gasteiger partial charge in [0.05, 0.1) is 12.4 Å². The first-order valence-corrected chi connectivity index (χ1v) is 5.72. The first kappa shape index (κ1) is 9.04. The van der Waals surface area contributed by atoms with Crippen molar-refractivity contribution >= 4 is 6.34 Å². The van der Waals surface area contributed by atoms with Crippen molar-refractivity contribution in [3.05, 3.63) is 0 Å². The molecule has 1 saturated heterocycles. The molecule has 2 aliphatic rings. The summed E-state index contributed by atoms with van der Waals surface area (Å²) in [6.45, 7) is 2.46. The smallest absolute Gasteiger partial charge is 0.0853 e. The van der Waals surface area contributed by atoms with Gasteiger partial charge in [-0.25, -0.2) is 0 Å². The number of likely N-dealkylation sites (tertiary alicyclic amines) is 1. The summed E-state index contributed by atoms with van der Waals surface area (Å²) in [5, 5.41) is 0. The van der Waals surface area contributed by atoms with Crippen LogP contribution in [0.25, 0.3) is 0 Å². The molecule has 2 heteroatoms. The Morgan fingerprint density at radius 1 is 0.923 bits per heavy atom. The molecule has 2 nitrogen and oxygen atoms in total. The topological polar surface area (TPSA) is 15.6 Å². The van der Waals surface area contributed by atoms with Crippen LogP contribution in [0.3, 0.4) is 0 Å². The van der Waals surface area contributed by atoms with E-state index in [1.165, 1.54) is 58.0 Å². The van der Waals surface area contributed by atoms with Crippen molar-refractivity contribution in [2.45, 2.75) is 51.0 Å². The van der Waals surface area contributed by atoms with Gasteiger partial charge in [-0.3, -0.25) is 4.99 Å². The molecule has 0 unspecified atom stereocenters. The highest BCUT2D eigenvalue weighted by atomic mass is 15.2. The van der Waals surface area contributed by atoms with E-state index in [4.69, 9.17) is 0 Å². The average molecular weight is 180 g/mol. The molecule has 0 amide bonds. The second kappa shape index (κ2) is 4.64. The van der Waals surface area contributed by atoms with E-state index in [1.54, 1.807) is 0 Å². The minimum Gasteiger partial charge on any atom is -0.363 e. The zero-order valence-corrected chi connectivity index (χ0v) is 8.41. The molecule has 1 aliphatic heterocycles. The van der Waals surface area contributed by atoms with Crippen LogP contribution in [0.5, 0.6) is 0 Å². The van der Waals surface area contributed by atoms with Gasteiger partial charge in [0, 0.05) is 13.1 Å². The Kier molecular flexibility index (Phi) is 3.22. The van der Waals surface area contributed by atoms with Gasteiger partial charge in [0.25, 0.3) is 0 Å². The summed E-state index contributed by atoms with van der Waals surface area (Å²) in [5.74, 6) is 0.